The van der Waals surface area contributed by atoms with Gasteiger partial charge in [0.15, 0.2) is 0 Å². The summed E-state index contributed by atoms with van der Waals surface area (Å²) >= 11 is 3.34. The summed E-state index contributed by atoms with van der Waals surface area (Å²) in [7, 11) is 0. The number of phenols is 1. The number of carbonyl (C=O) groups excluding carboxylic acids is 1. The van der Waals surface area contributed by atoms with Gasteiger partial charge in [-0.2, -0.15) is 0 Å². The molecule has 0 aliphatic heterocycles. The van der Waals surface area contributed by atoms with Crippen LogP contribution in [0.4, 0.5) is 0 Å². The molecule has 0 fully saturated rings. The first-order chi connectivity index (χ1) is 14.6. The normalized spacial score (nSPS) is 16.3. The highest BCUT2D eigenvalue weighted by atomic mass is 79.9. The second-order valence-corrected chi connectivity index (χ2v) is 9.91. The van der Waals surface area contributed by atoms with E-state index in [2.05, 4.69) is 42.8 Å². The van der Waals surface area contributed by atoms with E-state index in [9.17, 15) is 9.90 Å². The van der Waals surface area contributed by atoms with Gasteiger partial charge in [0.1, 0.15) is 11.5 Å². The van der Waals surface area contributed by atoms with Gasteiger partial charge in [0, 0.05) is 10.9 Å². The molecule has 0 saturated carbocycles. The molecule has 1 aliphatic carbocycles. The van der Waals surface area contributed by atoms with E-state index >= 15 is 0 Å². The Balaban J connectivity index is 0.00000151. The number of phenolic OH excluding ortho intramolecular Hbond substituents is 1. The Morgan fingerprint density at radius 2 is 1.94 bits per heavy atom. The Hall–Kier alpha value is -1.49. The van der Waals surface area contributed by atoms with Crippen LogP contribution in [0.25, 0.3) is 0 Å². The number of rotatable bonds is 8. The van der Waals surface area contributed by atoms with E-state index < -0.39 is 5.41 Å². The second-order valence-electron chi connectivity index (χ2n) is 9.11. The number of aromatic hydroxyl groups is 1. The number of hydrogen-bond acceptors (Lipinski definition) is 4. The average molecular weight is 498 g/mol. The molecule has 0 amide bonds. The molecule has 0 spiro atoms. The Morgan fingerprint density at radius 1 is 1.29 bits per heavy atom. The number of benzene rings is 1. The number of carbonyl (C=O) groups is 1. The lowest BCUT2D eigenvalue weighted by atomic mass is 9.79. The van der Waals surface area contributed by atoms with Gasteiger partial charge in [-0.1, -0.05) is 47.8 Å². The van der Waals surface area contributed by atoms with Crippen molar-refractivity contribution in [1.82, 2.24) is 0 Å². The molecule has 1 N–H and O–H groups in total. The maximum Gasteiger partial charge on any atom is 0.315 e. The van der Waals surface area contributed by atoms with Gasteiger partial charge < -0.3 is 14.6 Å². The van der Waals surface area contributed by atoms with Gasteiger partial charge in [-0.3, -0.25) is 4.79 Å². The van der Waals surface area contributed by atoms with Crippen molar-refractivity contribution in [2.24, 2.45) is 0 Å². The molecule has 5 heteroatoms. The predicted octanol–water partition coefficient (Wildman–Crippen LogP) is 7.42. The number of allylic oxidation sites excluding steroid dienone is 2. The average Bonchev–Trinajstić information content (AvgIpc) is 2.67. The fourth-order valence-corrected chi connectivity index (χ4v) is 3.83. The van der Waals surface area contributed by atoms with Crippen LogP contribution >= 0.6 is 15.9 Å². The van der Waals surface area contributed by atoms with Crippen LogP contribution in [-0.2, 0) is 14.9 Å². The second kappa shape index (κ2) is 13.1. The first-order valence-corrected chi connectivity index (χ1v) is 12.6. The van der Waals surface area contributed by atoms with Gasteiger partial charge in [0.25, 0.3) is 0 Å². The van der Waals surface area contributed by atoms with Gasteiger partial charge in [0.2, 0.25) is 0 Å². The number of esters is 1. The van der Waals surface area contributed by atoms with Crippen LogP contribution in [0.5, 0.6) is 11.5 Å². The summed E-state index contributed by atoms with van der Waals surface area (Å²) < 4.78 is 11.5. The van der Waals surface area contributed by atoms with Gasteiger partial charge in [-0.05, 0) is 83.9 Å². The highest BCUT2D eigenvalue weighted by Gasteiger charge is 2.34. The first-order valence-electron chi connectivity index (χ1n) is 11.5. The number of alkyl halides is 1. The summed E-state index contributed by atoms with van der Waals surface area (Å²) in [6.45, 7) is 14.3. The molecule has 176 valence electrons. The highest BCUT2D eigenvalue weighted by Crippen LogP contribution is 2.45. The van der Waals surface area contributed by atoms with Crippen LogP contribution in [0.3, 0.4) is 0 Å². The molecule has 1 aromatic rings. The summed E-state index contributed by atoms with van der Waals surface area (Å²) in [5, 5.41) is 11.7. The molecule has 1 aliphatic rings. The molecule has 0 saturated heterocycles. The smallest absolute Gasteiger partial charge is 0.315 e. The zero-order chi connectivity index (χ0) is 23.6. The van der Waals surface area contributed by atoms with Gasteiger partial charge in [-0.15, -0.1) is 0 Å². The molecule has 0 heterocycles. The molecule has 1 atom stereocenters. The van der Waals surface area contributed by atoms with Crippen molar-refractivity contribution in [3.05, 3.63) is 34.9 Å². The quantitative estimate of drug-likeness (QED) is 0.176. The Kier molecular flexibility index (Phi) is 11.7. The third-order valence-corrected chi connectivity index (χ3v) is 5.77. The van der Waals surface area contributed by atoms with Crippen molar-refractivity contribution in [1.29, 1.82) is 0 Å². The topological polar surface area (TPSA) is 55.8 Å². The fourth-order valence-electron chi connectivity index (χ4n) is 3.60. The SMILES string of the molecule is CC1=CCCC(c2c(O)cc(C(C)(C)C(=O)OCCCBr)cc2OC(C)C)C1.CCC. The molecule has 4 nitrogen and oxygen atoms in total. The van der Waals surface area contributed by atoms with Gasteiger partial charge in [-0.25, -0.2) is 0 Å². The van der Waals surface area contributed by atoms with Crippen LogP contribution < -0.4 is 4.74 Å². The minimum Gasteiger partial charge on any atom is -0.508 e. The monoisotopic (exact) mass is 496 g/mol. The van der Waals surface area contributed by atoms with Crippen molar-refractivity contribution in [3.63, 3.8) is 0 Å². The molecule has 0 bridgehead atoms. The van der Waals surface area contributed by atoms with Gasteiger partial charge >= 0.3 is 5.97 Å². The maximum atomic E-state index is 12.6. The van der Waals surface area contributed by atoms with E-state index in [0.29, 0.717) is 17.9 Å². The van der Waals surface area contributed by atoms with Crippen molar-refractivity contribution in [2.45, 2.75) is 98.0 Å². The number of hydrogen-bond donors (Lipinski definition) is 1. The summed E-state index contributed by atoms with van der Waals surface area (Å²) in [6.07, 6.45) is 7.15. The van der Waals surface area contributed by atoms with E-state index in [4.69, 9.17) is 9.47 Å². The minimum absolute atomic E-state index is 0.0253. The Morgan fingerprint density at radius 3 is 2.48 bits per heavy atom. The van der Waals surface area contributed by atoms with Crippen LogP contribution in [0, 0.1) is 0 Å². The zero-order valence-corrected chi connectivity index (χ0v) is 22.0. The van der Waals surface area contributed by atoms with E-state index in [1.54, 1.807) is 6.07 Å². The van der Waals surface area contributed by atoms with E-state index in [1.165, 1.54) is 12.0 Å². The lowest BCUT2D eigenvalue weighted by Gasteiger charge is -2.29. The summed E-state index contributed by atoms with van der Waals surface area (Å²) in [6, 6.07) is 3.62. The molecule has 31 heavy (non-hydrogen) atoms. The van der Waals surface area contributed by atoms with Crippen molar-refractivity contribution < 1.29 is 19.4 Å². The molecule has 2 rings (SSSR count). The summed E-state index contributed by atoms with van der Waals surface area (Å²) in [5.41, 5.74) is 2.02. The van der Waals surface area contributed by atoms with E-state index in [1.807, 2.05) is 33.8 Å². The standard InChI is InChI=1S/C23H33BrO4.C3H8/c1-15(2)28-20-14-18(23(4,5)22(26)27-11-7-10-24)13-19(25)21(20)17-9-6-8-16(3)12-17;1-3-2/h8,13-15,17,25H,6-7,9-12H2,1-5H3;3H2,1-2H3. The molecule has 1 unspecified atom stereocenters. The van der Waals surface area contributed by atoms with Crippen molar-refractivity contribution >= 4 is 21.9 Å². The fraction of sp³-hybridized carbons (Fsp3) is 0.654. The minimum atomic E-state index is -0.875. The highest BCUT2D eigenvalue weighted by molar-refractivity contribution is 9.09. The van der Waals surface area contributed by atoms with Crippen LogP contribution in [0.2, 0.25) is 0 Å². The lowest BCUT2D eigenvalue weighted by Crippen LogP contribution is -2.31. The lowest BCUT2D eigenvalue weighted by molar-refractivity contribution is -0.149. The van der Waals surface area contributed by atoms with Crippen LogP contribution in [0.15, 0.2) is 23.8 Å². The Bertz CT molecular complexity index is 737. The van der Waals surface area contributed by atoms with Crippen LogP contribution in [0.1, 0.15) is 97.6 Å². The number of ether oxygens (including phenoxy) is 2. The molecule has 0 aromatic heterocycles. The third-order valence-electron chi connectivity index (χ3n) is 5.21. The van der Waals surface area contributed by atoms with Crippen molar-refractivity contribution in [2.75, 3.05) is 11.9 Å². The molecule has 0 radical (unpaired) electrons. The maximum absolute atomic E-state index is 12.6. The first kappa shape index (κ1) is 27.5. The summed E-state index contributed by atoms with van der Waals surface area (Å²) in [4.78, 5) is 12.6. The largest absolute Gasteiger partial charge is 0.508 e. The molecular formula is C26H41BrO4. The molecule has 1 aromatic carbocycles. The Labute approximate surface area is 197 Å². The molecular weight excluding hydrogens is 456 g/mol. The zero-order valence-electron chi connectivity index (χ0n) is 20.4. The third kappa shape index (κ3) is 8.17. The summed E-state index contributed by atoms with van der Waals surface area (Å²) in [5.74, 6) is 0.801. The van der Waals surface area contributed by atoms with Crippen LogP contribution in [-0.4, -0.2) is 29.1 Å². The predicted molar refractivity (Wildman–Crippen MR) is 133 cm³/mol. The van der Waals surface area contributed by atoms with E-state index in [-0.39, 0.29) is 23.7 Å². The van der Waals surface area contributed by atoms with Gasteiger partial charge in [0.05, 0.1) is 18.1 Å². The van der Waals surface area contributed by atoms with Crippen molar-refractivity contribution in [3.8, 4) is 11.5 Å². The number of halogens is 1. The van der Waals surface area contributed by atoms with E-state index in [0.717, 1.165) is 36.6 Å².